The average Bonchev–Trinajstić information content (AvgIpc) is 2.78. The lowest BCUT2D eigenvalue weighted by Gasteiger charge is -2.56. The van der Waals surface area contributed by atoms with E-state index in [1.54, 1.807) is 5.57 Å². The number of carbonyl (C=O) groups excluding carboxylic acids is 1. The smallest absolute Gasteiger partial charge is 0.144 e. The van der Waals surface area contributed by atoms with Gasteiger partial charge in [-0.3, -0.25) is 9.18 Å². The molecular formula is C20H29FO. The number of hydrogen-bond donors (Lipinski definition) is 0. The van der Waals surface area contributed by atoms with Crippen molar-refractivity contribution in [1.82, 2.24) is 0 Å². The molecule has 0 bridgehead atoms. The Labute approximate surface area is 133 Å². The lowest BCUT2D eigenvalue weighted by atomic mass is 9.48. The van der Waals surface area contributed by atoms with Crippen LogP contribution < -0.4 is 0 Å². The standard InChI is InChI=1S/C20H29FO/c1-19-9-4-3-5-14(19)6-7-15-16(19)8-10-20(2)17(15)11-13(12-21)18(20)22/h6,13,15-17H,3-5,7-12H2,1-2H3/t13?,15-,16-,17+,19+,20+/m1/s1. The molecule has 1 unspecified atom stereocenters. The summed E-state index contributed by atoms with van der Waals surface area (Å²) in [4.78, 5) is 12.7. The summed E-state index contributed by atoms with van der Waals surface area (Å²) in [5, 5.41) is 0. The van der Waals surface area contributed by atoms with Gasteiger partial charge < -0.3 is 0 Å². The third-order valence-electron chi connectivity index (χ3n) is 8.07. The third-order valence-corrected chi connectivity index (χ3v) is 8.07. The molecule has 4 aliphatic rings. The SMILES string of the molecule is C[C@]12CCCCC1=CC[C@@H]1[C@H]2CC[C@]2(C)C(=O)C(CF)C[C@@H]12. The topological polar surface area (TPSA) is 17.1 Å². The van der Waals surface area contributed by atoms with Gasteiger partial charge in [0.1, 0.15) is 5.78 Å². The maximum atomic E-state index is 13.3. The second-order valence-corrected chi connectivity index (χ2v) is 8.87. The van der Waals surface area contributed by atoms with Gasteiger partial charge in [-0.1, -0.05) is 31.9 Å². The van der Waals surface area contributed by atoms with E-state index < -0.39 is 6.67 Å². The van der Waals surface area contributed by atoms with Crippen LogP contribution in [0.2, 0.25) is 0 Å². The van der Waals surface area contributed by atoms with Crippen molar-refractivity contribution in [3.8, 4) is 0 Å². The molecule has 0 N–H and O–H groups in total. The van der Waals surface area contributed by atoms with E-state index in [1.165, 1.54) is 32.1 Å². The molecule has 0 radical (unpaired) electrons. The fourth-order valence-electron chi connectivity index (χ4n) is 6.77. The van der Waals surface area contributed by atoms with Gasteiger partial charge in [-0.15, -0.1) is 0 Å². The summed E-state index contributed by atoms with van der Waals surface area (Å²) in [6, 6.07) is 0. The summed E-state index contributed by atoms with van der Waals surface area (Å²) in [7, 11) is 0. The first-order valence-electron chi connectivity index (χ1n) is 9.30. The zero-order valence-corrected chi connectivity index (χ0v) is 14.0. The molecule has 2 heteroatoms. The zero-order valence-electron chi connectivity index (χ0n) is 14.0. The first-order chi connectivity index (χ1) is 10.5. The van der Waals surface area contributed by atoms with Gasteiger partial charge in [0.2, 0.25) is 0 Å². The highest BCUT2D eigenvalue weighted by molar-refractivity contribution is 5.89. The lowest BCUT2D eigenvalue weighted by molar-refractivity contribution is -0.134. The molecule has 0 spiro atoms. The highest BCUT2D eigenvalue weighted by Gasteiger charge is 2.60. The predicted molar refractivity (Wildman–Crippen MR) is 86.2 cm³/mol. The van der Waals surface area contributed by atoms with Crippen molar-refractivity contribution in [2.24, 2.45) is 34.5 Å². The normalized spacial score (nSPS) is 50.9. The van der Waals surface area contributed by atoms with E-state index in [-0.39, 0.29) is 17.1 Å². The maximum Gasteiger partial charge on any atom is 0.144 e. The summed E-state index contributed by atoms with van der Waals surface area (Å²) in [6.45, 7) is 4.19. The summed E-state index contributed by atoms with van der Waals surface area (Å²) >= 11 is 0. The van der Waals surface area contributed by atoms with Crippen LogP contribution in [0.4, 0.5) is 4.39 Å². The minimum absolute atomic E-state index is 0.228. The van der Waals surface area contributed by atoms with Crippen molar-refractivity contribution >= 4 is 5.78 Å². The Balaban J connectivity index is 1.69. The molecule has 122 valence electrons. The van der Waals surface area contributed by atoms with Gasteiger partial charge in [0.05, 0.1) is 6.67 Å². The molecule has 3 saturated carbocycles. The number of Topliss-reactive ketones (excluding diaryl/α,β-unsaturated/α-hetero) is 1. The van der Waals surface area contributed by atoms with E-state index in [1.807, 2.05) is 0 Å². The summed E-state index contributed by atoms with van der Waals surface area (Å²) in [5.41, 5.74) is 1.85. The number of rotatable bonds is 1. The van der Waals surface area contributed by atoms with Crippen molar-refractivity contribution in [3.05, 3.63) is 11.6 Å². The first-order valence-corrected chi connectivity index (χ1v) is 9.30. The minimum Gasteiger partial charge on any atom is -0.299 e. The van der Waals surface area contributed by atoms with Crippen molar-refractivity contribution in [2.75, 3.05) is 6.67 Å². The number of halogens is 1. The van der Waals surface area contributed by atoms with E-state index in [0.717, 1.165) is 25.2 Å². The van der Waals surface area contributed by atoms with Gasteiger partial charge in [0.25, 0.3) is 0 Å². The molecule has 0 saturated heterocycles. The Hall–Kier alpha value is -0.660. The van der Waals surface area contributed by atoms with Crippen LogP contribution in [0.3, 0.4) is 0 Å². The Kier molecular flexibility index (Phi) is 3.33. The van der Waals surface area contributed by atoms with E-state index in [0.29, 0.717) is 17.3 Å². The van der Waals surface area contributed by atoms with Crippen LogP contribution in [0, 0.1) is 34.5 Å². The lowest BCUT2D eigenvalue weighted by Crippen LogP contribution is -2.49. The molecule has 4 aliphatic carbocycles. The molecule has 0 amide bonds. The number of alkyl halides is 1. The molecule has 0 aliphatic heterocycles. The molecule has 0 aromatic rings. The van der Waals surface area contributed by atoms with Gasteiger partial charge in [-0.05, 0) is 68.1 Å². The highest BCUT2D eigenvalue weighted by atomic mass is 19.1. The van der Waals surface area contributed by atoms with Crippen LogP contribution in [-0.2, 0) is 4.79 Å². The summed E-state index contributed by atoms with van der Waals surface area (Å²) < 4.78 is 13.3. The van der Waals surface area contributed by atoms with Crippen LogP contribution >= 0.6 is 0 Å². The number of allylic oxidation sites excluding steroid dienone is 2. The van der Waals surface area contributed by atoms with Crippen molar-refractivity contribution in [2.45, 2.75) is 65.2 Å². The molecular weight excluding hydrogens is 275 g/mol. The molecule has 3 fully saturated rings. The quantitative estimate of drug-likeness (QED) is 0.616. The largest absolute Gasteiger partial charge is 0.299 e. The first kappa shape index (κ1) is 14.9. The molecule has 4 rings (SSSR count). The van der Waals surface area contributed by atoms with Gasteiger partial charge >= 0.3 is 0 Å². The third kappa shape index (κ3) is 1.79. The predicted octanol–water partition coefficient (Wildman–Crippen LogP) is 5.10. The monoisotopic (exact) mass is 304 g/mol. The second kappa shape index (κ2) is 4.92. The molecule has 0 heterocycles. The Bertz CT molecular complexity index is 524. The average molecular weight is 304 g/mol. The number of ketones is 1. The number of carbonyl (C=O) groups is 1. The Morgan fingerprint density at radius 3 is 2.77 bits per heavy atom. The van der Waals surface area contributed by atoms with Crippen molar-refractivity contribution < 1.29 is 9.18 Å². The fraction of sp³-hybridized carbons (Fsp3) is 0.850. The van der Waals surface area contributed by atoms with Crippen LogP contribution in [0.5, 0.6) is 0 Å². The van der Waals surface area contributed by atoms with E-state index in [9.17, 15) is 9.18 Å². The Morgan fingerprint density at radius 2 is 2.00 bits per heavy atom. The number of hydrogen-bond acceptors (Lipinski definition) is 1. The van der Waals surface area contributed by atoms with Gasteiger partial charge in [-0.25, -0.2) is 0 Å². The molecule has 1 nitrogen and oxygen atoms in total. The minimum atomic E-state index is -0.444. The van der Waals surface area contributed by atoms with Gasteiger partial charge in [0, 0.05) is 11.3 Å². The molecule has 22 heavy (non-hydrogen) atoms. The van der Waals surface area contributed by atoms with Crippen LogP contribution in [0.15, 0.2) is 11.6 Å². The van der Waals surface area contributed by atoms with E-state index in [4.69, 9.17) is 0 Å². The van der Waals surface area contributed by atoms with Crippen LogP contribution in [0.1, 0.15) is 65.2 Å². The van der Waals surface area contributed by atoms with Crippen molar-refractivity contribution in [3.63, 3.8) is 0 Å². The maximum absolute atomic E-state index is 13.3. The Morgan fingerprint density at radius 1 is 1.18 bits per heavy atom. The summed E-state index contributed by atoms with van der Waals surface area (Å²) in [5.74, 6) is 1.71. The second-order valence-electron chi connectivity index (χ2n) is 8.87. The highest BCUT2D eigenvalue weighted by Crippen LogP contribution is 2.64. The van der Waals surface area contributed by atoms with E-state index in [2.05, 4.69) is 19.9 Å². The van der Waals surface area contributed by atoms with Gasteiger partial charge in [0.15, 0.2) is 0 Å². The molecule has 0 aromatic carbocycles. The fourth-order valence-corrected chi connectivity index (χ4v) is 6.77. The van der Waals surface area contributed by atoms with E-state index >= 15 is 0 Å². The van der Waals surface area contributed by atoms with Crippen LogP contribution in [0.25, 0.3) is 0 Å². The van der Waals surface area contributed by atoms with Crippen molar-refractivity contribution in [1.29, 1.82) is 0 Å². The zero-order chi connectivity index (χ0) is 15.5. The molecule has 0 aromatic heterocycles. The number of fused-ring (bicyclic) bond motifs is 5. The molecule has 6 atom stereocenters. The summed E-state index contributed by atoms with van der Waals surface area (Å²) in [6.07, 6.45) is 12.0. The van der Waals surface area contributed by atoms with Gasteiger partial charge in [-0.2, -0.15) is 0 Å². The van der Waals surface area contributed by atoms with Crippen LogP contribution in [-0.4, -0.2) is 12.5 Å².